The number of benzene rings is 1. The molecule has 0 fully saturated rings. The number of nitrogens with zero attached hydrogens (tertiary/aromatic N) is 3. The van der Waals surface area contributed by atoms with Crippen molar-refractivity contribution >= 4 is 11.5 Å². The first-order valence-electron chi connectivity index (χ1n) is 6.88. The molecule has 5 heteroatoms. The number of imidazole rings is 1. The lowest BCUT2D eigenvalue weighted by atomic mass is 9.95. The van der Waals surface area contributed by atoms with Crippen molar-refractivity contribution in [3.63, 3.8) is 0 Å². The molecule has 3 rings (SSSR count). The fraction of sp³-hybridized carbons (Fsp3) is 0.176. The molecule has 0 atom stereocenters. The van der Waals surface area contributed by atoms with Crippen LogP contribution in [0.15, 0.2) is 30.6 Å². The lowest BCUT2D eigenvalue weighted by Gasteiger charge is -2.14. The zero-order valence-corrected chi connectivity index (χ0v) is 12.7. The van der Waals surface area contributed by atoms with Crippen LogP contribution in [0.25, 0.3) is 16.8 Å². The van der Waals surface area contributed by atoms with Gasteiger partial charge in [0.05, 0.1) is 18.9 Å². The predicted octanol–water partition coefficient (Wildman–Crippen LogP) is 3.08. The largest absolute Gasteiger partial charge is 0.496 e. The van der Waals surface area contributed by atoms with Crippen LogP contribution in [-0.2, 0) is 0 Å². The Morgan fingerprint density at radius 3 is 2.73 bits per heavy atom. The summed E-state index contributed by atoms with van der Waals surface area (Å²) in [5, 5.41) is 9.27. The molecule has 1 aromatic carbocycles. The zero-order valence-electron chi connectivity index (χ0n) is 12.7. The molecule has 0 spiro atoms. The molecule has 3 aromatic rings. The number of fused-ring (bicyclic) bond motifs is 1. The van der Waals surface area contributed by atoms with Crippen LogP contribution >= 0.6 is 0 Å². The number of hydrogen-bond acceptors (Lipinski definition) is 4. The zero-order chi connectivity index (χ0) is 15.9. The van der Waals surface area contributed by atoms with Crippen LogP contribution in [0.2, 0.25) is 0 Å². The quantitative estimate of drug-likeness (QED) is 0.787. The Hall–Kier alpha value is -3.00. The third-order valence-corrected chi connectivity index (χ3v) is 3.81. The van der Waals surface area contributed by atoms with E-state index in [1.807, 2.05) is 32.0 Å². The van der Waals surface area contributed by atoms with Crippen LogP contribution in [0.3, 0.4) is 0 Å². The van der Waals surface area contributed by atoms with E-state index >= 15 is 0 Å². The van der Waals surface area contributed by atoms with Crippen molar-refractivity contribution < 1.29 is 4.74 Å². The van der Waals surface area contributed by atoms with Crippen LogP contribution < -0.4 is 10.5 Å². The molecule has 0 bridgehead atoms. The Morgan fingerprint density at radius 1 is 1.27 bits per heavy atom. The maximum Gasteiger partial charge on any atom is 0.147 e. The molecule has 0 aliphatic heterocycles. The highest BCUT2D eigenvalue weighted by molar-refractivity contribution is 5.84. The smallest absolute Gasteiger partial charge is 0.147 e. The van der Waals surface area contributed by atoms with E-state index in [0.717, 1.165) is 33.7 Å². The molecule has 2 aromatic heterocycles. The van der Waals surface area contributed by atoms with Gasteiger partial charge >= 0.3 is 0 Å². The third-order valence-electron chi connectivity index (χ3n) is 3.81. The normalized spacial score (nSPS) is 10.6. The fourth-order valence-electron chi connectivity index (χ4n) is 2.83. The molecule has 5 nitrogen and oxygen atoms in total. The second-order valence-corrected chi connectivity index (χ2v) is 5.24. The average molecular weight is 292 g/mol. The van der Waals surface area contributed by atoms with E-state index in [9.17, 15) is 5.26 Å². The van der Waals surface area contributed by atoms with Gasteiger partial charge in [-0.2, -0.15) is 5.26 Å². The molecule has 0 unspecified atom stereocenters. The van der Waals surface area contributed by atoms with Gasteiger partial charge in [-0.3, -0.25) is 0 Å². The second kappa shape index (κ2) is 5.08. The summed E-state index contributed by atoms with van der Waals surface area (Å²) in [6.07, 6.45) is 3.44. The summed E-state index contributed by atoms with van der Waals surface area (Å²) < 4.78 is 7.21. The summed E-state index contributed by atoms with van der Waals surface area (Å²) in [6, 6.07) is 7.98. The van der Waals surface area contributed by atoms with E-state index in [4.69, 9.17) is 10.5 Å². The van der Waals surface area contributed by atoms with Crippen molar-refractivity contribution in [1.29, 1.82) is 5.26 Å². The van der Waals surface area contributed by atoms with Crippen LogP contribution in [0, 0.1) is 25.2 Å². The number of nitrogen functional groups attached to an aromatic ring is 1. The van der Waals surface area contributed by atoms with E-state index < -0.39 is 0 Å². The molecule has 0 saturated heterocycles. The van der Waals surface area contributed by atoms with Gasteiger partial charge in [0.1, 0.15) is 23.3 Å². The van der Waals surface area contributed by atoms with Crippen LogP contribution in [0.1, 0.15) is 16.7 Å². The van der Waals surface area contributed by atoms with Gasteiger partial charge in [0.25, 0.3) is 0 Å². The van der Waals surface area contributed by atoms with Gasteiger partial charge in [-0.25, -0.2) is 4.98 Å². The van der Waals surface area contributed by atoms with Crippen molar-refractivity contribution in [2.45, 2.75) is 13.8 Å². The van der Waals surface area contributed by atoms with Crippen molar-refractivity contribution in [2.24, 2.45) is 0 Å². The van der Waals surface area contributed by atoms with Gasteiger partial charge in [-0.15, -0.1) is 0 Å². The van der Waals surface area contributed by atoms with E-state index in [0.29, 0.717) is 11.4 Å². The molecule has 2 heterocycles. The van der Waals surface area contributed by atoms with Gasteiger partial charge < -0.3 is 14.9 Å². The first kappa shape index (κ1) is 14.0. The van der Waals surface area contributed by atoms with E-state index in [2.05, 4.69) is 11.1 Å². The monoisotopic (exact) mass is 292 g/mol. The number of pyridine rings is 1. The van der Waals surface area contributed by atoms with Crippen molar-refractivity contribution in [3.05, 3.63) is 47.3 Å². The van der Waals surface area contributed by atoms with Gasteiger partial charge in [-0.05, 0) is 42.7 Å². The van der Waals surface area contributed by atoms with E-state index in [1.165, 1.54) is 0 Å². The molecule has 0 amide bonds. The van der Waals surface area contributed by atoms with Crippen molar-refractivity contribution in [2.75, 3.05) is 12.8 Å². The number of methoxy groups -OCH3 is 1. The third kappa shape index (κ3) is 2.06. The molecule has 22 heavy (non-hydrogen) atoms. The Kier molecular flexibility index (Phi) is 3.22. The highest BCUT2D eigenvalue weighted by atomic mass is 16.5. The SMILES string of the molecule is COc1ccc(C)c(-c2cc(C#N)cn3cc(N)nc23)c1C. The van der Waals surface area contributed by atoms with E-state index in [1.54, 1.807) is 23.9 Å². The van der Waals surface area contributed by atoms with Gasteiger partial charge in [-0.1, -0.05) is 6.07 Å². The first-order chi connectivity index (χ1) is 10.5. The van der Waals surface area contributed by atoms with Crippen molar-refractivity contribution in [1.82, 2.24) is 9.38 Å². The lowest BCUT2D eigenvalue weighted by Crippen LogP contribution is -1.97. The average Bonchev–Trinajstić information content (AvgIpc) is 2.87. The summed E-state index contributed by atoms with van der Waals surface area (Å²) in [4.78, 5) is 4.39. The minimum Gasteiger partial charge on any atom is -0.496 e. The van der Waals surface area contributed by atoms with Crippen LogP contribution in [-0.4, -0.2) is 16.5 Å². The molecule has 0 aliphatic rings. The molecular formula is C17H16N4O. The molecule has 0 saturated carbocycles. The minimum atomic E-state index is 0.426. The number of rotatable bonds is 2. The second-order valence-electron chi connectivity index (χ2n) is 5.24. The summed E-state index contributed by atoms with van der Waals surface area (Å²) in [7, 11) is 1.65. The molecule has 2 N–H and O–H groups in total. The topological polar surface area (TPSA) is 76.3 Å². The standard InChI is InChI=1S/C17H16N4O/c1-10-4-5-14(22-3)11(2)16(10)13-6-12(7-18)8-21-9-15(19)20-17(13)21/h4-6,8-9H,19H2,1-3H3. The molecule has 0 aliphatic carbocycles. The maximum atomic E-state index is 9.27. The van der Waals surface area contributed by atoms with Gasteiger partial charge in [0.15, 0.2) is 0 Å². The van der Waals surface area contributed by atoms with Crippen molar-refractivity contribution in [3.8, 4) is 22.9 Å². The maximum absolute atomic E-state index is 9.27. The van der Waals surface area contributed by atoms with Crippen LogP contribution in [0.4, 0.5) is 5.82 Å². The summed E-state index contributed by atoms with van der Waals surface area (Å²) in [5.41, 5.74) is 11.1. The minimum absolute atomic E-state index is 0.426. The lowest BCUT2D eigenvalue weighted by molar-refractivity contribution is 0.412. The number of nitrogens with two attached hydrogens (primary N) is 1. The highest BCUT2D eigenvalue weighted by Crippen LogP contribution is 2.35. The number of anilines is 1. The van der Waals surface area contributed by atoms with Gasteiger partial charge in [0, 0.05) is 11.8 Å². The first-order valence-corrected chi connectivity index (χ1v) is 6.88. The summed E-state index contributed by atoms with van der Waals surface area (Å²) in [6.45, 7) is 4.03. The predicted molar refractivity (Wildman–Crippen MR) is 85.8 cm³/mol. The van der Waals surface area contributed by atoms with E-state index in [-0.39, 0.29) is 0 Å². The Bertz CT molecular complexity index is 919. The number of nitriles is 1. The highest BCUT2D eigenvalue weighted by Gasteiger charge is 2.16. The number of ether oxygens (including phenoxy) is 1. The number of hydrogen-bond donors (Lipinski definition) is 1. The Morgan fingerprint density at radius 2 is 2.05 bits per heavy atom. The number of aryl methyl sites for hydroxylation is 1. The molecule has 0 radical (unpaired) electrons. The Balaban J connectivity index is 2.42. The van der Waals surface area contributed by atoms with Gasteiger partial charge in [0.2, 0.25) is 0 Å². The van der Waals surface area contributed by atoms with Crippen LogP contribution in [0.5, 0.6) is 5.75 Å². The Labute approximate surface area is 128 Å². The number of aromatic nitrogens is 2. The summed E-state index contributed by atoms with van der Waals surface area (Å²) >= 11 is 0. The molecule has 110 valence electrons. The fourth-order valence-corrected chi connectivity index (χ4v) is 2.83. The summed E-state index contributed by atoms with van der Waals surface area (Å²) in [5.74, 6) is 1.23. The molecular weight excluding hydrogens is 276 g/mol.